The van der Waals surface area contributed by atoms with Gasteiger partial charge >= 0.3 is 0 Å². The summed E-state index contributed by atoms with van der Waals surface area (Å²) in [5.74, 6) is 2.14. The van der Waals surface area contributed by atoms with Crippen molar-refractivity contribution in [2.24, 2.45) is 0 Å². The molecule has 0 saturated carbocycles. The number of anilines is 1. The van der Waals surface area contributed by atoms with Crippen LogP contribution in [0, 0.1) is 0 Å². The Labute approximate surface area is 104 Å². The van der Waals surface area contributed by atoms with Crippen LogP contribution in [-0.2, 0) is 11.2 Å². The van der Waals surface area contributed by atoms with E-state index in [4.69, 9.17) is 15.5 Å². The lowest BCUT2D eigenvalue weighted by Crippen LogP contribution is -2.10. The summed E-state index contributed by atoms with van der Waals surface area (Å²) in [5, 5.41) is 0. The first-order valence-corrected chi connectivity index (χ1v) is 6.38. The molecule has 1 aromatic heterocycles. The summed E-state index contributed by atoms with van der Waals surface area (Å²) in [6.45, 7) is 9.20. The number of methoxy groups -OCH3 is 1. The van der Waals surface area contributed by atoms with E-state index < -0.39 is 0 Å². The Kier molecular flexibility index (Phi) is 5.00. The molecule has 2 N–H and O–H groups in total. The molecule has 1 unspecified atom stereocenters. The molecule has 0 aromatic carbocycles. The summed E-state index contributed by atoms with van der Waals surface area (Å²) >= 11 is 0. The highest BCUT2D eigenvalue weighted by Crippen LogP contribution is 2.27. The minimum absolute atomic E-state index is 0.246. The number of aryl methyl sites for hydroxylation is 1. The molecule has 0 aliphatic rings. The van der Waals surface area contributed by atoms with E-state index in [-0.39, 0.29) is 5.92 Å². The van der Waals surface area contributed by atoms with Crippen LogP contribution in [0.2, 0.25) is 0 Å². The van der Waals surface area contributed by atoms with Crippen molar-refractivity contribution >= 4 is 5.82 Å². The van der Waals surface area contributed by atoms with Crippen LogP contribution in [0.15, 0.2) is 0 Å². The van der Waals surface area contributed by atoms with E-state index in [0.29, 0.717) is 12.6 Å². The fraction of sp³-hybridized carbons (Fsp3) is 0.769. The van der Waals surface area contributed by atoms with Crippen LogP contribution >= 0.6 is 0 Å². The third-order valence-corrected chi connectivity index (χ3v) is 2.92. The molecule has 0 saturated heterocycles. The second-order valence-corrected chi connectivity index (χ2v) is 4.87. The molecule has 0 spiro atoms. The molecular formula is C13H25N3O. The molecule has 17 heavy (non-hydrogen) atoms. The minimum Gasteiger partial charge on any atom is -0.384 e. The Morgan fingerprint density at radius 2 is 2.00 bits per heavy atom. The number of hydrogen-bond donors (Lipinski definition) is 1. The SMILES string of the molecule is CCCc1nc(C(C)COC)c(N)n1C(C)C. The number of nitrogens with two attached hydrogens (primary N) is 1. The maximum Gasteiger partial charge on any atom is 0.127 e. The van der Waals surface area contributed by atoms with Crippen molar-refractivity contribution in [2.45, 2.75) is 52.5 Å². The largest absolute Gasteiger partial charge is 0.384 e. The lowest BCUT2D eigenvalue weighted by atomic mass is 10.1. The van der Waals surface area contributed by atoms with Gasteiger partial charge in [-0.2, -0.15) is 0 Å². The third-order valence-electron chi connectivity index (χ3n) is 2.92. The molecule has 4 nitrogen and oxygen atoms in total. The molecule has 1 heterocycles. The van der Waals surface area contributed by atoms with Gasteiger partial charge in [0.05, 0.1) is 12.3 Å². The molecule has 0 aliphatic heterocycles. The molecule has 1 rings (SSSR count). The van der Waals surface area contributed by atoms with Gasteiger partial charge in [0.25, 0.3) is 0 Å². The standard InChI is InChI=1S/C13H25N3O/c1-6-7-11-15-12(10(4)8-17-5)13(14)16(11)9(2)3/h9-10H,6-8,14H2,1-5H3. The normalized spacial score (nSPS) is 13.3. The van der Waals surface area contributed by atoms with Crippen molar-refractivity contribution in [3.8, 4) is 0 Å². The van der Waals surface area contributed by atoms with Crippen LogP contribution in [-0.4, -0.2) is 23.3 Å². The molecule has 4 heteroatoms. The van der Waals surface area contributed by atoms with Crippen LogP contribution in [0.5, 0.6) is 0 Å². The summed E-state index contributed by atoms with van der Waals surface area (Å²) < 4.78 is 7.32. The second-order valence-electron chi connectivity index (χ2n) is 4.87. The molecule has 1 atom stereocenters. The predicted octanol–water partition coefficient (Wildman–Crippen LogP) is 2.75. The minimum atomic E-state index is 0.246. The van der Waals surface area contributed by atoms with Crippen LogP contribution in [0.25, 0.3) is 0 Å². The molecular weight excluding hydrogens is 214 g/mol. The number of rotatable bonds is 6. The molecule has 0 amide bonds. The molecule has 0 radical (unpaired) electrons. The topological polar surface area (TPSA) is 53.1 Å². The highest BCUT2D eigenvalue weighted by molar-refractivity contribution is 5.41. The summed E-state index contributed by atoms with van der Waals surface area (Å²) in [4.78, 5) is 4.70. The average Bonchev–Trinajstić information content (AvgIpc) is 2.56. The van der Waals surface area contributed by atoms with Crippen molar-refractivity contribution < 1.29 is 4.74 Å². The van der Waals surface area contributed by atoms with Crippen LogP contribution in [0.4, 0.5) is 5.82 Å². The van der Waals surface area contributed by atoms with Crippen LogP contribution in [0.3, 0.4) is 0 Å². The van der Waals surface area contributed by atoms with Gasteiger partial charge in [0, 0.05) is 25.5 Å². The van der Waals surface area contributed by atoms with Gasteiger partial charge in [-0.3, -0.25) is 0 Å². The Morgan fingerprint density at radius 1 is 1.35 bits per heavy atom. The molecule has 0 bridgehead atoms. The van der Waals surface area contributed by atoms with E-state index in [0.717, 1.165) is 30.2 Å². The average molecular weight is 239 g/mol. The van der Waals surface area contributed by atoms with Crippen molar-refractivity contribution in [3.63, 3.8) is 0 Å². The van der Waals surface area contributed by atoms with E-state index in [1.807, 2.05) is 0 Å². The van der Waals surface area contributed by atoms with Crippen molar-refractivity contribution in [1.29, 1.82) is 0 Å². The molecule has 98 valence electrons. The van der Waals surface area contributed by atoms with Gasteiger partial charge in [0.1, 0.15) is 11.6 Å². The van der Waals surface area contributed by atoms with E-state index in [2.05, 4.69) is 32.3 Å². The Balaban J connectivity index is 3.11. The van der Waals surface area contributed by atoms with E-state index in [9.17, 15) is 0 Å². The smallest absolute Gasteiger partial charge is 0.127 e. The second kappa shape index (κ2) is 6.05. The Bertz CT molecular complexity index is 358. The number of aromatic nitrogens is 2. The zero-order valence-corrected chi connectivity index (χ0v) is 11.7. The van der Waals surface area contributed by atoms with Gasteiger partial charge in [-0.25, -0.2) is 4.98 Å². The molecule has 0 aliphatic carbocycles. The maximum atomic E-state index is 6.21. The fourth-order valence-corrected chi connectivity index (χ4v) is 2.18. The molecule has 0 fully saturated rings. The van der Waals surface area contributed by atoms with Gasteiger partial charge in [0.2, 0.25) is 0 Å². The highest BCUT2D eigenvalue weighted by atomic mass is 16.5. The van der Waals surface area contributed by atoms with Crippen molar-refractivity contribution in [2.75, 3.05) is 19.5 Å². The van der Waals surface area contributed by atoms with Crippen LogP contribution < -0.4 is 5.73 Å². The predicted molar refractivity (Wildman–Crippen MR) is 71.3 cm³/mol. The number of imidazole rings is 1. The first kappa shape index (κ1) is 14.0. The number of nitrogens with zero attached hydrogens (tertiary/aromatic N) is 2. The van der Waals surface area contributed by atoms with Crippen LogP contribution in [0.1, 0.15) is 57.6 Å². The zero-order chi connectivity index (χ0) is 13.0. The van der Waals surface area contributed by atoms with Gasteiger partial charge in [0.15, 0.2) is 0 Å². The van der Waals surface area contributed by atoms with Crippen molar-refractivity contribution in [3.05, 3.63) is 11.5 Å². The molecule has 1 aromatic rings. The van der Waals surface area contributed by atoms with Gasteiger partial charge in [-0.1, -0.05) is 13.8 Å². The van der Waals surface area contributed by atoms with Gasteiger partial charge < -0.3 is 15.0 Å². The Morgan fingerprint density at radius 3 is 2.47 bits per heavy atom. The number of nitrogen functional groups attached to an aromatic ring is 1. The zero-order valence-electron chi connectivity index (χ0n) is 11.7. The Hall–Kier alpha value is -1.03. The van der Waals surface area contributed by atoms with Crippen molar-refractivity contribution in [1.82, 2.24) is 9.55 Å². The van der Waals surface area contributed by atoms with E-state index in [1.165, 1.54) is 0 Å². The summed E-state index contributed by atoms with van der Waals surface area (Å²) in [5.41, 5.74) is 7.19. The third kappa shape index (κ3) is 3.00. The number of hydrogen-bond acceptors (Lipinski definition) is 3. The number of ether oxygens (including phenoxy) is 1. The summed E-state index contributed by atoms with van der Waals surface area (Å²) in [6, 6.07) is 0.354. The first-order valence-electron chi connectivity index (χ1n) is 6.38. The van der Waals surface area contributed by atoms with E-state index >= 15 is 0 Å². The lowest BCUT2D eigenvalue weighted by Gasteiger charge is -2.14. The summed E-state index contributed by atoms with van der Waals surface area (Å²) in [6.07, 6.45) is 2.06. The quantitative estimate of drug-likeness (QED) is 0.830. The van der Waals surface area contributed by atoms with Gasteiger partial charge in [-0.05, 0) is 20.3 Å². The lowest BCUT2D eigenvalue weighted by molar-refractivity contribution is 0.183. The fourth-order valence-electron chi connectivity index (χ4n) is 2.18. The van der Waals surface area contributed by atoms with Gasteiger partial charge in [-0.15, -0.1) is 0 Å². The maximum absolute atomic E-state index is 6.21. The highest BCUT2D eigenvalue weighted by Gasteiger charge is 2.20. The summed E-state index contributed by atoms with van der Waals surface area (Å²) in [7, 11) is 1.71. The first-order chi connectivity index (χ1) is 8.02. The monoisotopic (exact) mass is 239 g/mol. The van der Waals surface area contributed by atoms with E-state index in [1.54, 1.807) is 7.11 Å².